The van der Waals surface area contributed by atoms with Crippen LogP contribution in [0.3, 0.4) is 0 Å². The molecule has 1 aromatic carbocycles. The largest absolute Gasteiger partial charge is 0.417 e. The fourth-order valence-corrected chi connectivity index (χ4v) is 2.32. The monoisotopic (exact) mass is 293 g/mol. The zero-order chi connectivity index (χ0) is 15.2. The third kappa shape index (κ3) is 2.35. The summed E-state index contributed by atoms with van der Waals surface area (Å²) in [6, 6.07) is 3.77. The third-order valence-electron chi connectivity index (χ3n) is 3.60. The minimum Gasteiger partial charge on any atom is -0.197 e. The smallest absolute Gasteiger partial charge is 0.197 e. The van der Waals surface area contributed by atoms with Gasteiger partial charge in [-0.15, -0.1) is 0 Å². The van der Waals surface area contributed by atoms with Crippen LogP contribution < -0.4 is 0 Å². The van der Waals surface area contributed by atoms with E-state index in [9.17, 15) is 26.3 Å². The van der Waals surface area contributed by atoms with Crippen LogP contribution in [0, 0.1) is 11.3 Å². The van der Waals surface area contributed by atoms with E-state index in [4.69, 9.17) is 5.26 Å². The van der Waals surface area contributed by atoms with Gasteiger partial charge in [0, 0.05) is 0 Å². The molecule has 1 fully saturated rings. The normalized spacial score (nSPS) is 18.2. The van der Waals surface area contributed by atoms with Gasteiger partial charge in [0.1, 0.15) is 0 Å². The molecule has 0 spiro atoms. The number of nitriles is 1. The Bertz CT molecular complexity index is 560. The highest BCUT2D eigenvalue weighted by Gasteiger charge is 2.46. The second-order valence-electron chi connectivity index (χ2n) is 4.80. The van der Waals surface area contributed by atoms with Crippen LogP contribution in [-0.2, 0) is 17.8 Å². The van der Waals surface area contributed by atoms with E-state index in [0.717, 1.165) is 6.07 Å². The number of rotatable bonds is 1. The van der Waals surface area contributed by atoms with Gasteiger partial charge in [-0.05, 0) is 37.0 Å². The van der Waals surface area contributed by atoms with Crippen LogP contribution in [0.4, 0.5) is 26.3 Å². The molecule has 0 heterocycles. The van der Waals surface area contributed by atoms with Gasteiger partial charge in [0.25, 0.3) is 0 Å². The Morgan fingerprint density at radius 3 is 1.85 bits per heavy atom. The molecule has 2 rings (SSSR count). The third-order valence-corrected chi connectivity index (χ3v) is 3.60. The average molecular weight is 293 g/mol. The van der Waals surface area contributed by atoms with E-state index in [2.05, 4.69) is 0 Å². The van der Waals surface area contributed by atoms with Crippen LogP contribution in [0.1, 0.15) is 36.0 Å². The second kappa shape index (κ2) is 4.40. The molecule has 0 radical (unpaired) electrons. The molecule has 0 N–H and O–H groups in total. The SMILES string of the molecule is N#CC1(c2ccc(C(F)(F)F)c(C(F)(F)F)c2)CCC1. The molecule has 1 saturated carbocycles. The summed E-state index contributed by atoms with van der Waals surface area (Å²) in [5.41, 5.74) is -4.53. The summed E-state index contributed by atoms with van der Waals surface area (Å²) in [6.45, 7) is 0. The standard InChI is InChI=1S/C13H9F6N/c14-12(15,16)9-3-2-8(6-10(9)13(17,18)19)11(7-20)4-1-5-11/h2-3,6H,1,4-5H2. The van der Waals surface area contributed by atoms with Gasteiger partial charge in [0.2, 0.25) is 0 Å². The fourth-order valence-electron chi connectivity index (χ4n) is 2.32. The highest BCUT2D eigenvalue weighted by Crippen LogP contribution is 2.47. The number of hydrogen-bond donors (Lipinski definition) is 0. The molecule has 1 aliphatic rings. The van der Waals surface area contributed by atoms with E-state index in [-0.39, 0.29) is 5.56 Å². The summed E-state index contributed by atoms with van der Waals surface area (Å²) in [7, 11) is 0. The van der Waals surface area contributed by atoms with Crippen LogP contribution in [0.15, 0.2) is 18.2 Å². The molecule has 1 nitrogen and oxygen atoms in total. The Kier molecular flexibility index (Phi) is 3.23. The van der Waals surface area contributed by atoms with E-state index in [0.29, 0.717) is 31.4 Å². The van der Waals surface area contributed by atoms with Gasteiger partial charge in [0.05, 0.1) is 22.6 Å². The van der Waals surface area contributed by atoms with Crippen LogP contribution in [0.5, 0.6) is 0 Å². The summed E-state index contributed by atoms with van der Waals surface area (Å²) in [5, 5.41) is 9.06. The highest BCUT2D eigenvalue weighted by atomic mass is 19.4. The molecule has 0 bridgehead atoms. The predicted octanol–water partition coefficient (Wildman–Crippen LogP) is 4.67. The molecule has 0 aromatic heterocycles. The van der Waals surface area contributed by atoms with Crippen molar-refractivity contribution in [3.8, 4) is 6.07 Å². The van der Waals surface area contributed by atoms with Crippen molar-refractivity contribution in [2.75, 3.05) is 0 Å². The van der Waals surface area contributed by atoms with Crippen molar-refractivity contribution in [1.82, 2.24) is 0 Å². The van der Waals surface area contributed by atoms with E-state index >= 15 is 0 Å². The lowest BCUT2D eigenvalue weighted by molar-refractivity contribution is -0.162. The van der Waals surface area contributed by atoms with E-state index in [1.54, 1.807) is 0 Å². The predicted molar refractivity (Wildman–Crippen MR) is 57.6 cm³/mol. The zero-order valence-electron chi connectivity index (χ0n) is 10.1. The first-order valence-electron chi connectivity index (χ1n) is 5.80. The Balaban J connectivity index is 2.59. The quantitative estimate of drug-likeness (QED) is 0.690. The Morgan fingerprint density at radius 1 is 0.950 bits per heavy atom. The maximum Gasteiger partial charge on any atom is 0.417 e. The molecule has 0 saturated heterocycles. The molecule has 0 amide bonds. The van der Waals surface area contributed by atoms with Crippen molar-refractivity contribution in [2.24, 2.45) is 0 Å². The molecule has 20 heavy (non-hydrogen) atoms. The minimum absolute atomic E-state index is 0.00609. The molecular weight excluding hydrogens is 284 g/mol. The first-order chi connectivity index (χ1) is 9.10. The number of nitrogens with zero attached hydrogens (tertiary/aromatic N) is 1. The van der Waals surface area contributed by atoms with Crippen LogP contribution in [0.2, 0.25) is 0 Å². The van der Waals surface area contributed by atoms with Crippen LogP contribution >= 0.6 is 0 Å². The highest BCUT2D eigenvalue weighted by molar-refractivity contribution is 5.43. The molecular formula is C13H9F6N. The van der Waals surface area contributed by atoms with Crippen molar-refractivity contribution >= 4 is 0 Å². The molecule has 1 aromatic rings. The topological polar surface area (TPSA) is 23.8 Å². The van der Waals surface area contributed by atoms with Gasteiger partial charge in [-0.3, -0.25) is 0 Å². The van der Waals surface area contributed by atoms with Gasteiger partial charge in [-0.1, -0.05) is 6.07 Å². The molecule has 7 heteroatoms. The summed E-state index contributed by atoms with van der Waals surface area (Å²) in [6.07, 6.45) is -8.78. The number of hydrogen-bond acceptors (Lipinski definition) is 1. The summed E-state index contributed by atoms with van der Waals surface area (Å²) < 4.78 is 76.2. The summed E-state index contributed by atoms with van der Waals surface area (Å²) in [4.78, 5) is 0. The maximum absolute atomic E-state index is 12.8. The number of benzene rings is 1. The van der Waals surface area contributed by atoms with Crippen LogP contribution in [-0.4, -0.2) is 0 Å². The molecule has 0 unspecified atom stereocenters. The molecule has 0 atom stereocenters. The van der Waals surface area contributed by atoms with Crippen molar-refractivity contribution in [1.29, 1.82) is 5.26 Å². The lowest BCUT2D eigenvalue weighted by Gasteiger charge is -2.36. The lowest BCUT2D eigenvalue weighted by atomic mass is 9.65. The van der Waals surface area contributed by atoms with Crippen molar-refractivity contribution in [3.05, 3.63) is 34.9 Å². The Hall–Kier alpha value is -1.71. The van der Waals surface area contributed by atoms with Gasteiger partial charge in [-0.25, -0.2) is 0 Å². The zero-order valence-corrected chi connectivity index (χ0v) is 10.1. The molecule has 1 aliphatic carbocycles. The summed E-state index contributed by atoms with van der Waals surface area (Å²) >= 11 is 0. The van der Waals surface area contributed by atoms with E-state index in [1.807, 2.05) is 6.07 Å². The van der Waals surface area contributed by atoms with Crippen molar-refractivity contribution in [2.45, 2.75) is 37.0 Å². The molecule has 0 aliphatic heterocycles. The first kappa shape index (κ1) is 14.7. The Morgan fingerprint density at radius 2 is 1.50 bits per heavy atom. The fraction of sp³-hybridized carbons (Fsp3) is 0.462. The van der Waals surface area contributed by atoms with Gasteiger partial charge < -0.3 is 0 Å². The van der Waals surface area contributed by atoms with Crippen LogP contribution in [0.25, 0.3) is 0 Å². The van der Waals surface area contributed by atoms with E-state index < -0.39 is 28.9 Å². The second-order valence-corrected chi connectivity index (χ2v) is 4.80. The van der Waals surface area contributed by atoms with Gasteiger partial charge >= 0.3 is 12.4 Å². The van der Waals surface area contributed by atoms with E-state index in [1.165, 1.54) is 0 Å². The molecule has 108 valence electrons. The van der Waals surface area contributed by atoms with Crippen molar-refractivity contribution < 1.29 is 26.3 Å². The van der Waals surface area contributed by atoms with Gasteiger partial charge in [-0.2, -0.15) is 31.6 Å². The maximum atomic E-state index is 12.8. The number of halogens is 6. The summed E-state index contributed by atoms with van der Waals surface area (Å²) in [5.74, 6) is 0. The minimum atomic E-state index is -5.11. The van der Waals surface area contributed by atoms with Gasteiger partial charge in [0.15, 0.2) is 0 Å². The van der Waals surface area contributed by atoms with Crippen molar-refractivity contribution in [3.63, 3.8) is 0 Å². The first-order valence-corrected chi connectivity index (χ1v) is 5.80. The average Bonchev–Trinajstić information content (AvgIpc) is 2.25. The number of alkyl halides is 6. The lowest BCUT2D eigenvalue weighted by Crippen LogP contribution is -2.33. The Labute approximate surface area is 110 Å².